The van der Waals surface area contributed by atoms with Gasteiger partial charge in [0.05, 0.1) is 12.3 Å². The molecule has 0 atom stereocenters. The van der Waals surface area contributed by atoms with Crippen molar-refractivity contribution in [2.24, 2.45) is 10.2 Å². The number of ether oxygens (including phenoxy) is 1. The van der Waals surface area contributed by atoms with Gasteiger partial charge in [0.2, 0.25) is 0 Å². The molecular weight excluding hydrogens is 336 g/mol. The van der Waals surface area contributed by atoms with Gasteiger partial charge in [-0.3, -0.25) is 4.40 Å². The van der Waals surface area contributed by atoms with Crippen molar-refractivity contribution in [3.8, 4) is 17.0 Å². The van der Waals surface area contributed by atoms with Crippen molar-refractivity contribution in [3.05, 3.63) is 78.5 Å². The van der Waals surface area contributed by atoms with E-state index in [1.54, 1.807) is 0 Å². The van der Waals surface area contributed by atoms with Crippen LogP contribution in [0.1, 0.15) is 12.5 Å². The fraction of sp³-hybridized carbons (Fsp3) is 0.136. The lowest BCUT2D eigenvalue weighted by atomic mass is 10.1. The molecule has 134 valence electrons. The summed E-state index contributed by atoms with van der Waals surface area (Å²) in [6.07, 6.45) is 1.97. The van der Waals surface area contributed by atoms with Crippen molar-refractivity contribution in [1.29, 1.82) is 0 Å². The molecule has 0 saturated carbocycles. The van der Waals surface area contributed by atoms with Crippen LogP contribution in [0.25, 0.3) is 16.9 Å². The molecule has 2 aromatic heterocycles. The van der Waals surface area contributed by atoms with E-state index in [-0.39, 0.29) is 0 Å². The predicted octanol–water partition coefficient (Wildman–Crippen LogP) is 6.12. The van der Waals surface area contributed by atoms with Gasteiger partial charge in [0.25, 0.3) is 0 Å². The highest BCUT2D eigenvalue weighted by Crippen LogP contribution is 2.33. The molecule has 0 fully saturated rings. The number of aromatic nitrogens is 2. The minimum Gasteiger partial charge on any atom is -0.494 e. The number of aryl methyl sites for hydroxylation is 1. The molecule has 5 heteroatoms. The van der Waals surface area contributed by atoms with E-state index in [0.717, 1.165) is 33.9 Å². The number of azo groups is 1. The molecule has 0 spiro atoms. The highest BCUT2D eigenvalue weighted by molar-refractivity contribution is 5.75. The number of nitrogens with zero attached hydrogens (tertiary/aromatic N) is 4. The monoisotopic (exact) mass is 356 g/mol. The van der Waals surface area contributed by atoms with Crippen LogP contribution < -0.4 is 4.74 Å². The zero-order valence-electron chi connectivity index (χ0n) is 15.3. The van der Waals surface area contributed by atoms with Gasteiger partial charge >= 0.3 is 0 Å². The van der Waals surface area contributed by atoms with Gasteiger partial charge in [-0.2, -0.15) is 0 Å². The number of fused-ring (bicyclic) bond motifs is 1. The zero-order chi connectivity index (χ0) is 18.6. The van der Waals surface area contributed by atoms with Crippen LogP contribution in [0.15, 0.2) is 83.2 Å². The molecule has 4 aromatic rings. The lowest BCUT2D eigenvalue weighted by molar-refractivity contribution is 0.340. The Labute approximate surface area is 158 Å². The average molecular weight is 356 g/mol. The Morgan fingerprint density at radius 1 is 0.926 bits per heavy atom. The van der Waals surface area contributed by atoms with E-state index in [9.17, 15) is 0 Å². The van der Waals surface area contributed by atoms with Gasteiger partial charge in [-0.1, -0.05) is 36.4 Å². The molecule has 0 bridgehead atoms. The van der Waals surface area contributed by atoms with Crippen molar-refractivity contribution in [3.63, 3.8) is 0 Å². The van der Waals surface area contributed by atoms with Crippen molar-refractivity contribution < 1.29 is 4.74 Å². The second-order valence-corrected chi connectivity index (χ2v) is 6.16. The van der Waals surface area contributed by atoms with Crippen LogP contribution in [0.3, 0.4) is 0 Å². The van der Waals surface area contributed by atoms with Crippen LogP contribution in [0.2, 0.25) is 0 Å². The number of pyridine rings is 1. The summed E-state index contributed by atoms with van der Waals surface area (Å²) in [4.78, 5) is 4.82. The van der Waals surface area contributed by atoms with Crippen molar-refractivity contribution in [2.75, 3.05) is 6.61 Å². The summed E-state index contributed by atoms with van der Waals surface area (Å²) >= 11 is 0. The Balaban J connectivity index is 1.79. The van der Waals surface area contributed by atoms with Gasteiger partial charge in [0, 0.05) is 11.8 Å². The van der Waals surface area contributed by atoms with Gasteiger partial charge in [0.1, 0.15) is 17.1 Å². The Morgan fingerprint density at radius 3 is 2.44 bits per heavy atom. The molecule has 0 aliphatic heterocycles. The topological polar surface area (TPSA) is 51.2 Å². The fourth-order valence-corrected chi connectivity index (χ4v) is 2.96. The van der Waals surface area contributed by atoms with E-state index in [1.807, 2.05) is 91.2 Å². The molecule has 0 saturated heterocycles. The summed E-state index contributed by atoms with van der Waals surface area (Å²) in [6.45, 7) is 4.65. The molecule has 0 amide bonds. The summed E-state index contributed by atoms with van der Waals surface area (Å²) in [7, 11) is 0. The molecule has 0 N–H and O–H groups in total. The Kier molecular flexibility index (Phi) is 4.66. The fourth-order valence-electron chi connectivity index (χ4n) is 2.96. The van der Waals surface area contributed by atoms with Gasteiger partial charge in [-0.15, -0.1) is 10.2 Å². The number of rotatable bonds is 5. The standard InChI is InChI=1S/C22H20N4O/c1-3-27-19-13-11-18(12-14-19)24-25-22-20(17-9-5-4-6-10-17)23-21-16(2)8-7-15-26(21)22/h4-15H,3H2,1-2H3. The van der Waals surface area contributed by atoms with Gasteiger partial charge in [0.15, 0.2) is 5.82 Å². The minimum absolute atomic E-state index is 0.641. The average Bonchev–Trinajstić information content (AvgIpc) is 3.08. The third-order valence-corrected chi connectivity index (χ3v) is 4.28. The second-order valence-electron chi connectivity index (χ2n) is 6.16. The summed E-state index contributed by atoms with van der Waals surface area (Å²) in [5.74, 6) is 1.54. The van der Waals surface area contributed by atoms with E-state index in [1.165, 1.54) is 0 Å². The summed E-state index contributed by atoms with van der Waals surface area (Å²) in [5, 5.41) is 8.97. The maximum atomic E-state index is 5.47. The molecule has 5 nitrogen and oxygen atoms in total. The molecule has 2 heterocycles. The summed E-state index contributed by atoms with van der Waals surface area (Å²) < 4.78 is 7.45. The Bertz CT molecular complexity index is 1080. The first-order valence-corrected chi connectivity index (χ1v) is 8.94. The van der Waals surface area contributed by atoms with E-state index in [2.05, 4.69) is 10.2 Å². The maximum Gasteiger partial charge on any atom is 0.187 e. The maximum absolute atomic E-state index is 5.47. The van der Waals surface area contributed by atoms with Gasteiger partial charge in [-0.25, -0.2) is 4.98 Å². The Morgan fingerprint density at radius 2 is 1.70 bits per heavy atom. The molecule has 0 radical (unpaired) electrons. The smallest absolute Gasteiger partial charge is 0.187 e. The first-order chi connectivity index (χ1) is 13.3. The van der Waals surface area contributed by atoms with Crippen LogP contribution in [-0.4, -0.2) is 16.0 Å². The summed E-state index contributed by atoms with van der Waals surface area (Å²) in [6, 6.07) is 21.7. The second kappa shape index (κ2) is 7.41. The van der Waals surface area contributed by atoms with Gasteiger partial charge < -0.3 is 4.74 Å². The Hall–Kier alpha value is -3.47. The molecule has 0 aliphatic rings. The van der Waals surface area contributed by atoms with Gasteiger partial charge in [-0.05, 0) is 49.7 Å². The van der Waals surface area contributed by atoms with E-state index in [0.29, 0.717) is 12.4 Å². The first kappa shape index (κ1) is 17.0. The molecule has 0 unspecified atom stereocenters. The molecule has 2 aromatic carbocycles. The number of benzene rings is 2. The normalized spacial score (nSPS) is 11.3. The van der Waals surface area contributed by atoms with Crippen molar-refractivity contribution in [2.45, 2.75) is 13.8 Å². The first-order valence-electron chi connectivity index (χ1n) is 8.94. The van der Waals surface area contributed by atoms with Crippen LogP contribution >= 0.6 is 0 Å². The molecular formula is C22H20N4O. The van der Waals surface area contributed by atoms with Crippen molar-refractivity contribution >= 4 is 17.2 Å². The van der Waals surface area contributed by atoms with E-state index in [4.69, 9.17) is 9.72 Å². The van der Waals surface area contributed by atoms with E-state index < -0.39 is 0 Å². The van der Waals surface area contributed by atoms with Crippen LogP contribution in [-0.2, 0) is 0 Å². The molecule has 27 heavy (non-hydrogen) atoms. The summed E-state index contributed by atoms with van der Waals surface area (Å²) in [5.41, 5.74) is 4.58. The third kappa shape index (κ3) is 3.44. The predicted molar refractivity (Wildman–Crippen MR) is 107 cm³/mol. The van der Waals surface area contributed by atoms with Crippen LogP contribution in [0.5, 0.6) is 5.75 Å². The SMILES string of the molecule is CCOc1ccc(N=Nc2c(-c3ccccc3)nc3c(C)cccn23)cc1. The lowest BCUT2D eigenvalue weighted by Gasteiger charge is -2.02. The lowest BCUT2D eigenvalue weighted by Crippen LogP contribution is -1.89. The highest BCUT2D eigenvalue weighted by atomic mass is 16.5. The van der Waals surface area contributed by atoms with E-state index >= 15 is 0 Å². The largest absolute Gasteiger partial charge is 0.494 e. The van der Waals surface area contributed by atoms with Crippen molar-refractivity contribution in [1.82, 2.24) is 9.38 Å². The highest BCUT2D eigenvalue weighted by Gasteiger charge is 2.14. The number of hydrogen-bond acceptors (Lipinski definition) is 4. The zero-order valence-corrected chi connectivity index (χ0v) is 15.3. The third-order valence-electron chi connectivity index (χ3n) is 4.28. The number of imidazole rings is 1. The number of hydrogen-bond donors (Lipinski definition) is 0. The minimum atomic E-state index is 0.641. The van der Waals surface area contributed by atoms with Crippen LogP contribution in [0, 0.1) is 6.92 Å². The van der Waals surface area contributed by atoms with Crippen LogP contribution in [0.4, 0.5) is 11.5 Å². The quantitative estimate of drug-likeness (QED) is 0.404. The molecule has 0 aliphatic carbocycles. The molecule has 4 rings (SSSR count).